The number of aryl methyl sites for hydroxylation is 1. The monoisotopic (exact) mass is 281 g/mol. The van der Waals surface area contributed by atoms with Crippen molar-refractivity contribution >= 4 is 28.5 Å². The van der Waals surface area contributed by atoms with Gasteiger partial charge in [-0.05, 0) is 43.1 Å². The molecule has 102 valence electrons. The number of aliphatic hydroxyl groups excluding tert-OH is 1. The highest BCUT2D eigenvalue weighted by molar-refractivity contribution is 6.29. The number of carbonyl (C=O) groups excluding carboxylic acids is 1. The molecule has 0 aliphatic rings. The highest BCUT2D eigenvalue weighted by Crippen LogP contribution is 2.19. The zero-order valence-electron chi connectivity index (χ0n) is 10.9. The van der Waals surface area contributed by atoms with Crippen LogP contribution < -0.4 is 5.32 Å². The molecule has 0 spiro atoms. The van der Waals surface area contributed by atoms with Gasteiger partial charge in [-0.25, -0.2) is 4.98 Å². The van der Waals surface area contributed by atoms with Gasteiger partial charge in [0, 0.05) is 25.3 Å². The van der Waals surface area contributed by atoms with E-state index in [4.69, 9.17) is 16.7 Å². The maximum Gasteiger partial charge on any atom is 0.251 e. The molecule has 0 saturated carbocycles. The molecule has 0 radical (unpaired) electrons. The van der Waals surface area contributed by atoms with Crippen molar-refractivity contribution in [2.45, 2.75) is 19.4 Å². The Labute approximate surface area is 116 Å². The molecular formula is C13H16ClN3O2. The number of imidazole rings is 1. The number of carbonyl (C=O) groups is 1. The lowest BCUT2D eigenvalue weighted by atomic mass is 10.1. The number of fused-ring (bicyclic) bond motifs is 1. The second-order valence-corrected chi connectivity index (χ2v) is 4.87. The van der Waals surface area contributed by atoms with E-state index in [1.165, 1.54) is 0 Å². The van der Waals surface area contributed by atoms with Gasteiger partial charge in [0.25, 0.3) is 5.91 Å². The van der Waals surface area contributed by atoms with Crippen LogP contribution in [0.4, 0.5) is 0 Å². The largest absolute Gasteiger partial charge is 0.396 e. The number of rotatable bonds is 4. The smallest absolute Gasteiger partial charge is 0.251 e. The number of benzene rings is 1. The first-order valence-electron chi connectivity index (χ1n) is 6.06. The van der Waals surface area contributed by atoms with E-state index in [0.29, 0.717) is 17.3 Å². The standard InChI is InChI=1S/C13H16ClN3O2/c1-8(5-6-18)15-12(19)9-3-4-10-11(7-9)17(2)13(14)16-10/h3-4,7-8,18H,5-6H2,1-2H3,(H,15,19)/t8-/m1/s1. The first-order valence-corrected chi connectivity index (χ1v) is 6.44. The minimum absolute atomic E-state index is 0.0534. The van der Waals surface area contributed by atoms with Gasteiger partial charge in [0.15, 0.2) is 0 Å². The van der Waals surface area contributed by atoms with E-state index in [-0.39, 0.29) is 18.6 Å². The van der Waals surface area contributed by atoms with Crippen molar-refractivity contribution in [3.05, 3.63) is 29.0 Å². The molecule has 1 aromatic heterocycles. The lowest BCUT2D eigenvalue weighted by Gasteiger charge is -2.12. The number of amides is 1. The van der Waals surface area contributed by atoms with E-state index in [2.05, 4.69) is 10.3 Å². The number of nitrogens with one attached hydrogen (secondary N) is 1. The molecule has 0 aliphatic carbocycles. The van der Waals surface area contributed by atoms with Crippen molar-refractivity contribution in [2.24, 2.45) is 7.05 Å². The maximum atomic E-state index is 12.0. The van der Waals surface area contributed by atoms with Crippen LogP contribution in [0.15, 0.2) is 18.2 Å². The van der Waals surface area contributed by atoms with E-state index in [1.54, 1.807) is 29.8 Å². The Kier molecular flexibility index (Phi) is 4.07. The molecule has 2 N–H and O–H groups in total. The molecule has 0 saturated heterocycles. The van der Waals surface area contributed by atoms with Gasteiger partial charge in [0.2, 0.25) is 5.28 Å². The minimum atomic E-state index is -0.167. The van der Waals surface area contributed by atoms with Gasteiger partial charge in [0.05, 0.1) is 11.0 Å². The number of nitrogens with zero attached hydrogens (tertiary/aromatic N) is 2. The SMILES string of the molecule is C[C@H](CCO)NC(=O)c1ccc2nc(Cl)n(C)c2c1. The molecule has 0 fully saturated rings. The van der Waals surface area contributed by atoms with E-state index in [1.807, 2.05) is 6.92 Å². The van der Waals surface area contributed by atoms with E-state index >= 15 is 0 Å². The lowest BCUT2D eigenvalue weighted by molar-refractivity contribution is 0.0934. The molecule has 0 aliphatic heterocycles. The number of hydrogen-bond donors (Lipinski definition) is 2. The fraction of sp³-hybridized carbons (Fsp3) is 0.385. The number of aliphatic hydroxyl groups is 1. The molecule has 2 aromatic rings. The average Bonchev–Trinajstić information content (AvgIpc) is 2.65. The molecule has 1 heterocycles. The van der Waals surface area contributed by atoms with E-state index < -0.39 is 0 Å². The van der Waals surface area contributed by atoms with Crippen LogP contribution in [-0.4, -0.2) is 33.2 Å². The van der Waals surface area contributed by atoms with Crippen molar-refractivity contribution in [1.29, 1.82) is 0 Å². The summed E-state index contributed by atoms with van der Waals surface area (Å²) in [6.45, 7) is 1.91. The lowest BCUT2D eigenvalue weighted by Crippen LogP contribution is -2.33. The summed E-state index contributed by atoms with van der Waals surface area (Å²) in [6.07, 6.45) is 0.533. The van der Waals surface area contributed by atoms with Crippen molar-refractivity contribution in [1.82, 2.24) is 14.9 Å². The van der Waals surface area contributed by atoms with Crippen LogP contribution >= 0.6 is 11.6 Å². The van der Waals surface area contributed by atoms with Gasteiger partial charge in [-0.15, -0.1) is 0 Å². The molecule has 6 heteroatoms. The van der Waals surface area contributed by atoms with Crippen LogP contribution in [0.5, 0.6) is 0 Å². The topological polar surface area (TPSA) is 67.2 Å². The Morgan fingerprint density at radius 1 is 1.58 bits per heavy atom. The number of halogens is 1. The summed E-state index contributed by atoms with van der Waals surface area (Å²) in [4.78, 5) is 16.2. The molecular weight excluding hydrogens is 266 g/mol. The Morgan fingerprint density at radius 3 is 3.00 bits per heavy atom. The van der Waals surface area contributed by atoms with Crippen molar-refractivity contribution < 1.29 is 9.90 Å². The van der Waals surface area contributed by atoms with Crippen LogP contribution in [0.25, 0.3) is 11.0 Å². The van der Waals surface area contributed by atoms with Crippen LogP contribution in [0.1, 0.15) is 23.7 Å². The third-order valence-electron chi connectivity index (χ3n) is 3.03. The minimum Gasteiger partial charge on any atom is -0.396 e. The summed E-state index contributed by atoms with van der Waals surface area (Å²) < 4.78 is 1.73. The summed E-state index contributed by atoms with van der Waals surface area (Å²) in [5, 5.41) is 12.0. The Bertz CT molecular complexity index is 609. The zero-order chi connectivity index (χ0) is 14.0. The van der Waals surface area contributed by atoms with Gasteiger partial charge in [0.1, 0.15) is 0 Å². The first-order chi connectivity index (χ1) is 9.02. The summed E-state index contributed by atoms with van der Waals surface area (Å²) >= 11 is 5.93. The zero-order valence-corrected chi connectivity index (χ0v) is 11.6. The third kappa shape index (κ3) is 2.88. The highest BCUT2D eigenvalue weighted by Gasteiger charge is 2.12. The normalized spacial score (nSPS) is 12.6. The molecule has 1 atom stereocenters. The molecule has 1 amide bonds. The van der Waals surface area contributed by atoms with Crippen molar-refractivity contribution in [3.63, 3.8) is 0 Å². The highest BCUT2D eigenvalue weighted by atomic mass is 35.5. The van der Waals surface area contributed by atoms with Gasteiger partial charge in [-0.1, -0.05) is 0 Å². The summed E-state index contributed by atoms with van der Waals surface area (Å²) in [6, 6.07) is 5.18. The van der Waals surface area contributed by atoms with Gasteiger partial charge >= 0.3 is 0 Å². The predicted octanol–water partition coefficient (Wildman–Crippen LogP) is 1.73. The summed E-state index contributed by atoms with van der Waals surface area (Å²) in [7, 11) is 1.80. The second-order valence-electron chi connectivity index (χ2n) is 4.53. The van der Waals surface area contributed by atoms with Crippen LogP contribution in [0.2, 0.25) is 5.28 Å². The van der Waals surface area contributed by atoms with Gasteiger partial charge < -0.3 is 15.0 Å². The van der Waals surface area contributed by atoms with Crippen molar-refractivity contribution in [2.75, 3.05) is 6.61 Å². The predicted molar refractivity (Wildman–Crippen MR) is 74.4 cm³/mol. The van der Waals surface area contributed by atoms with Crippen LogP contribution in [0.3, 0.4) is 0 Å². The Hall–Kier alpha value is -1.59. The second kappa shape index (κ2) is 5.59. The molecule has 1 aromatic carbocycles. The molecule has 19 heavy (non-hydrogen) atoms. The Balaban J connectivity index is 2.25. The fourth-order valence-corrected chi connectivity index (χ4v) is 2.06. The van der Waals surface area contributed by atoms with Gasteiger partial charge in [-0.2, -0.15) is 0 Å². The quantitative estimate of drug-likeness (QED) is 0.897. The van der Waals surface area contributed by atoms with Crippen LogP contribution in [-0.2, 0) is 7.05 Å². The average molecular weight is 282 g/mol. The molecule has 0 unspecified atom stereocenters. The third-order valence-corrected chi connectivity index (χ3v) is 3.37. The van der Waals surface area contributed by atoms with E-state index in [9.17, 15) is 4.79 Å². The first kappa shape index (κ1) is 13.8. The van der Waals surface area contributed by atoms with E-state index in [0.717, 1.165) is 11.0 Å². The number of aromatic nitrogens is 2. The molecule has 5 nitrogen and oxygen atoms in total. The summed E-state index contributed by atoms with van der Waals surface area (Å²) in [5.74, 6) is -0.167. The van der Waals surface area contributed by atoms with Gasteiger partial charge in [-0.3, -0.25) is 4.79 Å². The van der Waals surface area contributed by atoms with Crippen molar-refractivity contribution in [3.8, 4) is 0 Å². The number of hydrogen-bond acceptors (Lipinski definition) is 3. The Morgan fingerprint density at radius 2 is 2.32 bits per heavy atom. The maximum absolute atomic E-state index is 12.0. The molecule has 0 bridgehead atoms. The fourth-order valence-electron chi connectivity index (χ4n) is 1.87. The summed E-state index contributed by atoms with van der Waals surface area (Å²) in [5.41, 5.74) is 2.12. The van der Waals surface area contributed by atoms with Crippen LogP contribution in [0, 0.1) is 0 Å². The molecule has 2 rings (SSSR count).